The summed E-state index contributed by atoms with van der Waals surface area (Å²) < 4.78 is 60.2. The molecule has 0 heterocycles. The average molecular weight is 447 g/mol. The number of sulfonamides is 2. The van der Waals surface area contributed by atoms with E-state index in [9.17, 15) is 16.8 Å². The lowest BCUT2D eigenvalue weighted by molar-refractivity contribution is 0.414. The Morgan fingerprint density at radius 3 is 1.60 bits per heavy atom. The number of aryl methyl sites for hydroxylation is 2. The molecule has 0 radical (unpaired) electrons. The van der Waals surface area contributed by atoms with Crippen molar-refractivity contribution in [2.45, 2.75) is 23.6 Å². The second-order valence-electron chi connectivity index (χ2n) is 6.71. The van der Waals surface area contributed by atoms with Gasteiger partial charge >= 0.3 is 0 Å². The zero-order valence-electron chi connectivity index (χ0n) is 16.7. The molecule has 0 unspecified atom stereocenters. The van der Waals surface area contributed by atoms with Crippen molar-refractivity contribution in [2.24, 2.45) is 0 Å². The fraction of sp³-hybridized carbons (Fsp3) is 0.143. The average Bonchev–Trinajstić information content (AvgIpc) is 2.71. The van der Waals surface area contributed by atoms with E-state index in [1.807, 2.05) is 19.9 Å². The van der Waals surface area contributed by atoms with Gasteiger partial charge in [-0.3, -0.25) is 9.44 Å². The summed E-state index contributed by atoms with van der Waals surface area (Å²) in [5, 5.41) is 0. The Bertz CT molecular complexity index is 1250. The van der Waals surface area contributed by atoms with Gasteiger partial charge in [0.2, 0.25) is 0 Å². The third kappa shape index (κ3) is 4.92. The summed E-state index contributed by atoms with van der Waals surface area (Å²) >= 11 is 0. The van der Waals surface area contributed by atoms with Gasteiger partial charge < -0.3 is 4.74 Å². The number of rotatable bonds is 7. The van der Waals surface area contributed by atoms with Gasteiger partial charge in [-0.05, 0) is 85.6 Å². The Morgan fingerprint density at radius 2 is 1.10 bits per heavy atom. The minimum Gasteiger partial charge on any atom is -0.497 e. The monoisotopic (exact) mass is 446 g/mol. The van der Waals surface area contributed by atoms with Crippen LogP contribution in [0.1, 0.15) is 11.1 Å². The molecule has 0 fully saturated rings. The van der Waals surface area contributed by atoms with Gasteiger partial charge in [0.1, 0.15) is 5.75 Å². The predicted molar refractivity (Wildman–Crippen MR) is 117 cm³/mol. The third-order valence-corrected chi connectivity index (χ3v) is 7.34. The molecule has 2 N–H and O–H groups in total. The van der Waals surface area contributed by atoms with Crippen molar-refractivity contribution in [3.05, 3.63) is 77.9 Å². The maximum absolute atomic E-state index is 12.6. The Hall–Kier alpha value is -3.04. The van der Waals surface area contributed by atoms with E-state index in [0.717, 1.165) is 11.1 Å². The molecule has 30 heavy (non-hydrogen) atoms. The second-order valence-corrected chi connectivity index (χ2v) is 10.1. The van der Waals surface area contributed by atoms with E-state index in [1.54, 1.807) is 24.3 Å². The van der Waals surface area contributed by atoms with E-state index in [-0.39, 0.29) is 15.5 Å². The summed E-state index contributed by atoms with van der Waals surface area (Å²) in [5.74, 6) is 0.541. The van der Waals surface area contributed by atoms with Crippen LogP contribution in [0.15, 0.2) is 76.5 Å². The van der Waals surface area contributed by atoms with E-state index < -0.39 is 20.0 Å². The molecule has 0 spiro atoms. The number of ether oxygens (including phenoxy) is 1. The molecule has 3 aromatic rings. The summed E-state index contributed by atoms with van der Waals surface area (Å²) in [7, 11) is -6.13. The number of benzene rings is 3. The fourth-order valence-electron chi connectivity index (χ4n) is 2.69. The molecule has 0 amide bonds. The first-order valence-electron chi connectivity index (χ1n) is 8.98. The van der Waals surface area contributed by atoms with Crippen molar-refractivity contribution in [2.75, 3.05) is 16.6 Å². The zero-order chi connectivity index (χ0) is 21.9. The maximum atomic E-state index is 12.6. The summed E-state index contributed by atoms with van der Waals surface area (Å²) in [5.41, 5.74) is 2.74. The summed E-state index contributed by atoms with van der Waals surface area (Å²) in [4.78, 5) is 0.0875. The highest BCUT2D eigenvalue weighted by molar-refractivity contribution is 7.93. The van der Waals surface area contributed by atoms with Crippen LogP contribution >= 0.6 is 0 Å². The SMILES string of the molecule is COc1ccc(S(=O)(=O)Nc2ccc(S(=O)(=O)Nc3ccc(C)c(C)c3)cc2)cc1. The van der Waals surface area contributed by atoms with Crippen molar-refractivity contribution in [1.29, 1.82) is 0 Å². The third-order valence-electron chi connectivity index (χ3n) is 4.55. The van der Waals surface area contributed by atoms with Gasteiger partial charge in [-0.2, -0.15) is 0 Å². The lowest BCUT2D eigenvalue weighted by atomic mass is 10.1. The van der Waals surface area contributed by atoms with Crippen LogP contribution in [0.3, 0.4) is 0 Å². The number of nitrogens with one attached hydrogen (secondary N) is 2. The number of hydrogen-bond acceptors (Lipinski definition) is 5. The van der Waals surface area contributed by atoms with Crippen LogP contribution in [-0.2, 0) is 20.0 Å². The van der Waals surface area contributed by atoms with Crippen molar-refractivity contribution >= 4 is 31.4 Å². The van der Waals surface area contributed by atoms with Gasteiger partial charge in [-0.1, -0.05) is 6.07 Å². The Labute approximate surface area is 176 Å². The van der Waals surface area contributed by atoms with Gasteiger partial charge in [-0.25, -0.2) is 16.8 Å². The van der Waals surface area contributed by atoms with Crippen molar-refractivity contribution < 1.29 is 21.6 Å². The first-order valence-corrected chi connectivity index (χ1v) is 11.9. The minimum absolute atomic E-state index is 0.0214. The number of hydrogen-bond donors (Lipinski definition) is 2. The molecule has 7 nitrogen and oxygen atoms in total. The number of anilines is 2. The highest BCUT2D eigenvalue weighted by atomic mass is 32.2. The highest BCUT2D eigenvalue weighted by Crippen LogP contribution is 2.22. The Kier molecular flexibility index (Phi) is 6.04. The molecule has 0 bridgehead atoms. The van der Waals surface area contributed by atoms with Crippen LogP contribution in [0.5, 0.6) is 5.75 Å². The van der Waals surface area contributed by atoms with Crippen molar-refractivity contribution in [3.8, 4) is 5.75 Å². The molecule has 158 valence electrons. The van der Waals surface area contributed by atoms with Gasteiger partial charge in [-0.15, -0.1) is 0 Å². The van der Waals surface area contributed by atoms with Crippen LogP contribution in [-0.4, -0.2) is 23.9 Å². The largest absolute Gasteiger partial charge is 0.497 e. The molecule has 0 aromatic heterocycles. The molecule has 0 saturated heterocycles. The molecule has 0 atom stereocenters. The molecule has 3 rings (SSSR count). The lowest BCUT2D eigenvalue weighted by Crippen LogP contribution is -2.14. The van der Waals surface area contributed by atoms with E-state index in [4.69, 9.17) is 4.74 Å². The molecule has 0 saturated carbocycles. The molecular formula is C21H22N2O5S2. The smallest absolute Gasteiger partial charge is 0.261 e. The molecule has 0 aliphatic carbocycles. The highest BCUT2D eigenvalue weighted by Gasteiger charge is 2.17. The van der Waals surface area contributed by atoms with Crippen LogP contribution in [0.25, 0.3) is 0 Å². The van der Waals surface area contributed by atoms with Crippen LogP contribution < -0.4 is 14.2 Å². The van der Waals surface area contributed by atoms with Gasteiger partial charge in [0.25, 0.3) is 20.0 Å². The predicted octanol–water partition coefficient (Wildman–Crippen LogP) is 3.91. The van der Waals surface area contributed by atoms with E-state index in [1.165, 1.54) is 43.5 Å². The normalized spacial score (nSPS) is 11.7. The van der Waals surface area contributed by atoms with Crippen LogP contribution in [0.4, 0.5) is 11.4 Å². The molecule has 0 aliphatic rings. The fourth-order valence-corrected chi connectivity index (χ4v) is 4.80. The van der Waals surface area contributed by atoms with E-state index in [2.05, 4.69) is 9.44 Å². The number of methoxy groups -OCH3 is 1. The lowest BCUT2D eigenvalue weighted by Gasteiger charge is -2.11. The van der Waals surface area contributed by atoms with Crippen molar-refractivity contribution in [1.82, 2.24) is 0 Å². The van der Waals surface area contributed by atoms with Crippen LogP contribution in [0, 0.1) is 13.8 Å². The summed E-state index contributed by atoms with van der Waals surface area (Å²) in [6.07, 6.45) is 0. The van der Waals surface area contributed by atoms with Gasteiger partial charge in [0.05, 0.1) is 16.9 Å². The minimum atomic E-state index is -3.81. The summed E-state index contributed by atoms with van der Waals surface area (Å²) in [6, 6.07) is 16.7. The van der Waals surface area contributed by atoms with Gasteiger partial charge in [0.15, 0.2) is 0 Å². The first-order chi connectivity index (χ1) is 14.1. The molecule has 9 heteroatoms. The Balaban J connectivity index is 1.77. The molecular weight excluding hydrogens is 424 g/mol. The molecule has 3 aromatic carbocycles. The van der Waals surface area contributed by atoms with Crippen LogP contribution in [0.2, 0.25) is 0 Å². The van der Waals surface area contributed by atoms with E-state index >= 15 is 0 Å². The maximum Gasteiger partial charge on any atom is 0.261 e. The Morgan fingerprint density at radius 1 is 0.633 bits per heavy atom. The second kappa shape index (κ2) is 8.37. The van der Waals surface area contributed by atoms with Gasteiger partial charge in [0, 0.05) is 11.4 Å². The first kappa shape index (κ1) is 21.7. The quantitative estimate of drug-likeness (QED) is 0.573. The summed E-state index contributed by atoms with van der Waals surface area (Å²) in [6.45, 7) is 3.84. The topological polar surface area (TPSA) is 102 Å². The zero-order valence-corrected chi connectivity index (χ0v) is 18.3. The molecule has 0 aliphatic heterocycles. The van der Waals surface area contributed by atoms with E-state index in [0.29, 0.717) is 11.4 Å². The standard InChI is InChI=1S/C21H22N2O5S2/c1-15-4-5-18(14-16(15)2)23-30(26,27)20-10-6-17(7-11-20)22-29(24,25)21-12-8-19(28-3)9-13-21/h4-14,22-23H,1-3H3. The van der Waals surface area contributed by atoms with Crippen molar-refractivity contribution in [3.63, 3.8) is 0 Å².